The Morgan fingerprint density at radius 1 is 1.40 bits per heavy atom. The number of hydrogen-bond donors (Lipinski definition) is 1. The maximum atomic E-state index is 13.4. The number of carbonyl (C=O) groups is 1. The molecule has 2 nitrogen and oxygen atoms in total. The summed E-state index contributed by atoms with van der Waals surface area (Å²) in [5.74, 6) is -0.361. The smallest absolute Gasteiger partial charge is 0.309 e. The largest absolute Gasteiger partial charge is 0.481 e. The van der Waals surface area contributed by atoms with Gasteiger partial charge in [-0.1, -0.05) is 19.4 Å². The van der Waals surface area contributed by atoms with Crippen LogP contribution < -0.4 is 0 Å². The van der Waals surface area contributed by atoms with Gasteiger partial charge in [0.05, 0.1) is 5.41 Å². The number of carboxylic acid groups (broad SMARTS) is 1. The predicted molar refractivity (Wildman–Crippen MR) is 77.2 cm³/mol. The van der Waals surface area contributed by atoms with E-state index in [1.807, 2.05) is 6.92 Å². The summed E-state index contributed by atoms with van der Waals surface area (Å²) in [6.45, 7) is 4.08. The molecule has 1 aliphatic rings. The summed E-state index contributed by atoms with van der Waals surface area (Å²) in [6, 6.07) is 4.66. The molecule has 0 radical (unpaired) electrons. The maximum absolute atomic E-state index is 13.4. The first-order valence-electron chi connectivity index (χ1n) is 7.45. The van der Waals surface area contributed by atoms with Crippen LogP contribution >= 0.6 is 0 Å². The second-order valence-corrected chi connectivity index (χ2v) is 6.18. The highest BCUT2D eigenvalue weighted by Gasteiger charge is 2.41. The Hall–Kier alpha value is -1.38. The molecule has 2 rings (SSSR count). The van der Waals surface area contributed by atoms with Crippen LogP contribution in [0, 0.1) is 24.1 Å². The molecule has 0 aliphatic heterocycles. The fourth-order valence-electron chi connectivity index (χ4n) is 3.30. The third-order valence-electron chi connectivity index (χ3n) is 4.93. The van der Waals surface area contributed by atoms with Crippen molar-refractivity contribution in [1.29, 1.82) is 0 Å². The van der Waals surface area contributed by atoms with E-state index in [2.05, 4.69) is 6.92 Å². The third-order valence-corrected chi connectivity index (χ3v) is 4.93. The van der Waals surface area contributed by atoms with Crippen LogP contribution in [0.15, 0.2) is 18.2 Å². The summed E-state index contributed by atoms with van der Waals surface area (Å²) in [7, 11) is 0. The van der Waals surface area contributed by atoms with Crippen LogP contribution in [-0.4, -0.2) is 11.1 Å². The number of hydrogen-bond acceptors (Lipinski definition) is 1. The van der Waals surface area contributed by atoms with Gasteiger partial charge in [-0.05, 0) is 68.2 Å². The molecule has 1 aromatic rings. The molecule has 0 unspecified atom stereocenters. The van der Waals surface area contributed by atoms with Gasteiger partial charge in [0.2, 0.25) is 0 Å². The van der Waals surface area contributed by atoms with Gasteiger partial charge in [0, 0.05) is 0 Å². The minimum atomic E-state index is -0.726. The Balaban J connectivity index is 2.22. The van der Waals surface area contributed by atoms with E-state index in [0.717, 1.165) is 30.4 Å². The van der Waals surface area contributed by atoms with Crippen LogP contribution in [0.3, 0.4) is 0 Å². The van der Waals surface area contributed by atoms with Crippen LogP contribution in [0.4, 0.5) is 4.39 Å². The molecule has 110 valence electrons. The van der Waals surface area contributed by atoms with E-state index in [4.69, 9.17) is 0 Å². The first kappa shape index (κ1) is 15.0. The van der Waals surface area contributed by atoms with E-state index in [1.165, 1.54) is 12.1 Å². The zero-order valence-corrected chi connectivity index (χ0v) is 12.3. The van der Waals surface area contributed by atoms with E-state index in [9.17, 15) is 14.3 Å². The van der Waals surface area contributed by atoms with E-state index in [1.54, 1.807) is 6.07 Å². The fraction of sp³-hybridized carbons (Fsp3) is 0.588. The highest BCUT2D eigenvalue weighted by molar-refractivity contribution is 5.75. The van der Waals surface area contributed by atoms with Crippen molar-refractivity contribution in [2.45, 2.75) is 52.4 Å². The number of aliphatic carboxylic acids is 1. The Bertz CT molecular complexity index is 488. The highest BCUT2D eigenvalue weighted by Crippen LogP contribution is 2.43. The van der Waals surface area contributed by atoms with E-state index < -0.39 is 11.4 Å². The van der Waals surface area contributed by atoms with E-state index >= 15 is 0 Å². The van der Waals surface area contributed by atoms with Gasteiger partial charge in [0.25, 0.3) is 0 Å². The Kier molecular flexibility index (Phi) is 4.46. The summed E-state index contributed by atoms with van der Waals surface area (Å²) >= 11 is 0. The van der Waals surface area contributed by atoms with Crippen LogP contribution in [0.2, 0.25) is 0 Å². The van der Waals surface area contributed by atoms with E-state index in [-0.39, 0.29) is 5.82 Å². The van der Waals surface area contributed by atoms with Crippen LogP contribution in [-0.2, 0) is 11.2 Å². The molecular weight excluding hydrogens is 255 g/mol. The van der Waals surface area contributed by atoms with Gasteiger partial charge in [-0.2, -0.15) is 0 Å². The second kappa shape index (κ2) is 5.94. The molecule has 0 aromatic heterocycles. The first-order valence-corrected chi connectivity index (χ1v) is 7.45. The summed E-state index contributed by atoms with van der Waals surface area (Å²) in [4.78, 5) is 11.8. The van der Waals surface area contributed by atoms with Crippen LogP contribution in [0.1, 0.15) is 50.2 Å². The topological polar surface area (TPSA) is 37.3 Å². The molecule has 1 fully saturated rings. The van der Waals surface area contributed by atoms with E-state index in [0.29, 0.717) is 25.2 Å². The molecule has 0 spiro atoms. The Morgan fingerprint density at radius 3 is 2.60 bits per heavy atom. The van der Waals surface area contributed by atoms with Crippen molar-refractivity contribution in [3.63, 3.8) is 0 Å². The maximum Gasteiger partial charge on any atom is 0.309 e. The second-order valence-electron chi connectivity index (χ2n) is 6.18. The number of aryl methyl sites for hydroxylation is 1. The number of benzene rings is 1. The number of rotatable bonds is 4. The van der Waals surface area contributed by atoms with Crippen molar-refractivity contribution >= 4 is 5.97 Å². The molecule has 0 bridgehead atoms. The lowest BCUT2D eigenvalue weighted by molar-refractivity contribution is -0.151. The number of carboxylic acids is 1. The zero-order chi connectivity index (χ0) is 14.8. The molecule has 0 amide bonds. The molecule has 0 atom stereocenters. The van der Waals surface area contributed by atoms with Gasteiger partial charge in [-0.3, -0.25) is 4.79 Å². The first-order chi connectivity index (χ1) is 9.47. The van der Waals surface area contributed by atoms with Crippen LogP contribution in [0.25, 0.3) is 0 Å². The molecule has 1 N–H and O–H groups in total. The van der Waals surface area contributed by atoms with Gasteiger partial charge in [0.1, 0.15) is 5.82 Å². The summed E-state index contributed by atoms with van der Waals surface area (Å²) < 4.78 is 13.4. The lowest BCUT2D eigenvalue weighted by atomic mass is 9.66. The normalized spacial score (nSPS) is 26.4. The Morgan fingerprint density at radius 2 is 2.05 bits per heavy atom. The molecule has 3 heteroatoms. The fourth-order valence-corrected chi connectivity index (χ4v) is 3.30. The lowest BCUT2D eigenvalue weighted by Crippen LogP contribution is -2.37. The van der Waals surface area contributed by atoms with Crippen molar-refractivity contribution in [1.82, 2.24) is 0 Å². The lowest BCUT2D eigenvalue weighted by Gasteiger charge is -2.37. The van der Waals surface area contributed by atoms with Gasteiger partial charge in [0.15, 0.2) is 0 Å². The van der Waals surface area contributed by atoms with Crippen molar-refractivity contribution in [2.75, 3.05) is 0 Å². The average molecular weight is 278 g/mol. The molecular formula is C17H23FO2. The molecule has 1 saturated carbocycles. The van der Waals surface area contributed by atoms with Gasteiger partial charge >= 0.3 is 5.97 Å². The quantitative estimate of drug-likeness (QED) is 0.889. The predicted octanol–water partition coefficient (Wildman–Crippen LogP) is 4.35. The van der Waals surface area contributed by atoms with Gasteiger partial charge < -0.3 is 5.11 Å². The van der Waals surface area contributed by atoms with Crippen molar-refractivity contribution < 1.29 is 14.3 Å². The molecule has 0 heterocycles. The van der Waals surface area contributed by atoms with Gasteiger partial charge in [-0.15, -0.1) is 0 Å². The van der Waals surface area contributed by atoms with Crippen molar-refractivity contribution in [3.05, 3.63) is 35.1 Å². The minimum absolute atomic E-state index is 0.284. The SMILES string of the molecule is CCC1CCC(Cc2cc(F)ccc2C)(C(=O)O)CC1. The minimum Gasteiger partial charge on any atom is -0.481 e. The average Bonchev–Trinajstić information content (AvgIpc) is 2.43. The van der Waals surface area contributed by atoms with Crippen molar-refractivity contribution in [3.8, 4) is 0 Å². The summed E-state index contributed by atoms with van der Waals surface area (Å²) in [5, 5.41) is 9.68. The third kappa shape index (κ3) is 3.02. The zero-order valence-electron chi connectivity index (χ0n) is 12.3. The number of halogens is 1. The highest BCUT2D eigenvalue weighted by atomic mass is 19.1. The summed E-state index contributed by atoms with van der Waals surface area (Å²) in [6.07, 6.45) is 4.92. The molecule has 1 aliphatic carbocycles. The van der Waals surface area contributed by atoms with Crippen molar-refractivity contribution in [2.24, 2.45) is 11.3 Å². The molecule has 1 aromatic carbocycles. The van der Waals surface area contributed by atoms with Gasteiger partial charge in [-0.25, -0.2) is 4.39 Å². The summed E-state index contributed by atoms with van der Waals surface area (Å²) in [5.41, 5.74) is 1.11. The standard InChI is InChI=1S/C17H23FO2/c1-3-13-6-8-17(9-7-13,16(19)20)11-14-10-15(18)5-4-12(14)2/h4-5,10,13H,3,6-9,11H2,1-2H3,(H,19,20). The monoisotopic (exact) mass is 278 g/mol. The van der Waals surface area contributed by atoms with Crippen LogP contribution in [0.5, 0.6) is 0 Å². The molecule has 0 saturated heterocycles. The Labute approximate surface area is 120 Å². The molecule has 20 heavy (non-hydrogen) atoms.